The van der Waals surface area contributed by atoms with Crippen molar-refractivity contribution in [1.82, 2.24) is 19.5 Å². The van der Waals surface area contributed by atoms with E-state index in [1.54, 1.807) is 37.5 Å². The lowest BCUT2D eigenvalue weighted by molar-refractivity contribution is -0.155. The maximum absolute atomic E-state index is 13.7. The van der Waals surface area contributed by atoms with E-state index < -0.39 is 5.97 Å². The van der Waals surface area contributed by atoms with Gasteiger partial charge in [0.25, 0.3) is 5.91 Å². The molecule has 182 valence electrons. The summed E-state index contributed by atoms with van der Waals surface area (Å²) in [4.78, 5) is 32.9. The number of aryl methyl sites for hydroxylation is 1. The van der Waals surface area contributed by atoms with Crippen LogP contribution >= 0.6 is 0 Å². The molecular formula is C27H29FN4O3. The molecule has 4 aliphatic rings. The fraction of sp³-hybridized carbons (Fsp3) is 0.481. The van der Waals surface area contributed by atoms with Crippen molar-refractivity contribution >= 4 is 17.5 Å². The van der Waals surface area contributed by atoms with E-state index >= 15 is 0 Å². The highest BCUT2D eigenvalue weighted by Crippen LogP contribution is 2.58. The fourth-order valence-electron chi connectivity index (χ4n) is 7.20. The van der Waals surface area contributed by atoms with Crippen molar-refractivity contribution < 1.29 is 18.7 Å². The van der Waals surface area contributed by atoms with Crippen molar-refractivity contribution in [3.63, 3.8) is 0 Å². The highest BCUT2D eigenvalue weighted by molar-refractivity contribution is 5.98. The van der Waals surface area contributed by atoms with Crippen LogP contribution in [0.1, 0.15) is 60.1 Å². The molecule has 4 saturated carbocycles. The number of halogens is 1. The van der Waals surface area contributed by atoms with Gasteiger partial charge in [0, 0.05) is 24.5 Å². The quantitative estimate of drug-likeness (QED) is 0.495. The van der Waals surface area contributed by atoms with Crippen LogP contribution in [0.25, 0.3) is 5.65 Å². The maximum atomic E-state index is 13.7. The van der Waals surface area contributed by atoms with Crippen LogP contribution < -0.4 is 0 Å². The molecule has 8 heteroatoms. The van der Waals surface area contributed by atoms with Gasteiger partial charge in [-0.15, -0.1) is 0 Å². The van der Waals surface area contributed by atoms with Gasteiger partial charge >= 0.3 is 5.97 Å². The Morgan fingerprint density at radius 1 is 1.11 bits per heavy atom. The van der Waals surface area contributed by atoms with Gasteiger partial charge in [0.2, 0.25) is 0 Å². The predicted molar refractivity (Wildman–Crippen MR) is 126 cm³/mol. The number of rotatable bonds is 6. The summed E-state index contributed by atoms with van der Waals surface area (Å²) in [7, 11) is 0. The van der Waals surface area contributed by atoms with Gasteiger partial charge in [-0.2, -0.15) is 5.10 Å². The maximum Gasteiger partial charge on any atom is 0.344 e. The van der Waals surface area contributed by atoms with Crippen molar-refractivity contribution in [1.29, 1.82) is 0 Å². The zero-order valence-corrected chi connectivity index (χ0v) is 19.8. The number of ether oxygens (including phenoxy) is 1. The predicted octanol–water partition coefficient (Wildman–Crippen LogP) is 4.33. The summed E-state index contributed by atoms with van der Waals surface area (Å²) in [6.45, 7) is 1.77. The summed E-state index contributed by atoms with van der Waals surface area (Å²) < 4.78 is 20.6. The van der Waals surface area contributed by atoms with Gasteiger partial charge in [-0.3, -0.25) is 4.79 Å². The summed E-state index contributed by atoms with van der Waals surface area (Å²) in [5.74, 6) is 0.857. The standard InChI is InChI=1S/C27H29FN4O3/c1-17-24(25-29-7-2-8-32(25)30-17)26(34)35-16-23(33)31(15-18-3-5-22(28)6-4-18)27-12-19-9-20(13-27)11-21(10-19)14-27/h2-8,19-21H,9-16H2,1H3. The first-order valence-electron chi connectivity index (χ1n) is 12.4. The fourth-order valence-corrected chi connectivity index (χ4v) is 7.20. The second-order valence-corrected chi connectivity index (χ2v) is 10.7. The van der Waals surface area contributed by atoms with Crippen molar-refractivity contribution in [2.75, 3.05) is 6.61 Å². The SMILES string of the molecule is Cc1nn2cccnc2c1C(=O)OCC(=O)N(Cc1ccc(F)cc1)C12CC3CC(CC(C3)C1)C2. The molecule has 1 aromatic carbocycles. The number of aromatic nitrogens is 3. The van der Waals surface area contributed by atoms with Crippen LogP contribution in [0.5, 0.6) is 0 Å². The van der Waals surface area contributed by atoms with E-state index in [1.807, 2.05) is 4.90 Å². The Bertz CT molecular complexity index is 1250. The monoisotopic (exact) mass is 476 g/mol. The lowest BCUT2D eigenvalue weighted by atomic mass is 9.52. The van der Waals surface area contributed by atoms with Crippen molar-refractivity contribution in [2.45, 2.75) is 57.5 Å². The van der Waals surface area contributed by atoms with E-state index in [2.05, 4.69) is 10.1 Å². The van der Waals surface area contributed by atoms with Gasteiger partial charge in [-0.25, -0.2) is 18.7 Å². The molecule has 0 N–H and O–H groups in total. The minimum absolute atomic E-state index is 0.202. The zero-order valence-electron chi connectivity index (χ0n) is 19.8. The van der Waals surface area contributed by atoms with Crippen LogP contribution in [-0.2, 0) is 16.1 Å². The number of carbonyl (C=O) groups excluding carboxylic acids is 2. The number of esters is 1. The third-order valence-electron chi connectivity index (χ3n) is 8.23. The first-order valence-corrected chi connectivity index (χ1v) is 12.4. The molecule has 1 amide bonds. The van der Waals surface area contributed by atoms with Crippen molar-refractivity contribution in [3.8, 4) is 0 Å². The van der Waals surface area contributed by atoms with Crippen LogP contribution in [0.3, 0.4) is 0 Å². The molecule has 0 saturated heterocycles. The number of nitrogens with zero attached hydrogens (tertiary/aromatic N) is 4. The average Bonchev–Trinajstić information content (AvgIpc) is 3.16. The smallest absolute Gasteiger partial charge is 0.344 e. The number of amides is 1. The van der Waals surface area contributed by atoms with E-state index in [1.165, 1.54) is 35.9 Å². The Morgan fingerprint density at radius 2 is 1.77 bits per heavy atom. The molecule has 0 atom stereocenters. The summed E-state index contributed by atoms with van der Waals surface area (Å²) in [5.41, 5.74) is 1.86. The van der Waals surface area contributed by atoms with Gasteiger partial charge in [0.15, 0.2) is 12.3 Å². The molecule has 4 fully saturated rings. The zero-order chi connectivity index (χ0) is 24.2. The van der Waals surface area contributed by atoms with Gasteiger partial charge < -0.3 is 9.64 Å². The molecule has 0 radical (unpaired) electrons. The molecule has 3 aromatic rings. The number of carbonyl (C=O) groups is 2. The second kappa shape index (κ2) is 8.43. The van der Waals surface area contributed by atoms with Crippen LogP contribution in [-0.4, -0.2) is 43.5 Å². The highest BCUT2D eigenvalue weighted by Gasteiger charge is 2.54. The van der Waals surface area contributed by atoms with E-state index in [0.29, 0.717) is 35.6 Å². The number of fused-ring (bicyclic) bond motifs is 1. The highest BCUT2D eigenvalue weighted by atomic mass is 19.1. The summed E-state index contributed by atoms with van der Waals surface area (Å²) in [6, 6.07) is 8.06. The number of hydrogen-bond acceptors (Lipinski definition) is 5. The van der Waals surface area contributed by atoms with Crippen molar-refractivity contribution in [2.24, 2.45) is 17.8 Å². The van der Waals surface area contributed by atoms with Crippen molar-refractivity contribution in [3.05, 3.63) is 65.4 Å². The van der Waals surface area contributed by atoms with E-state index in [4.69, 9.17) is 4.74 Å². The summed E-state index contributed by atoms with van der Waals surface area (Å²) in [5, 5.41) is 4.31. The summed E-state index contributed by atoms with van der Waals surface area (Å²) >= 11 is 0. The number of hydrogen-bond donors (Lipinski definition) is 0. The summed E-state index contributed by atoms with van der Waals surface area (Å²) in [6.07, 6.45) is 10.1. The Kier molecular flexibility index (Phi) is 5.34. The molecule has 2 aromatic heterocycles. The van der Waals surface area contributed by atoms with Gasteiger partial charge in [0.05, 0.1) is 5.69 Å². The largest absolute Gasteiger partial charge is 0.452 e. The van der Waals surface area contributed by atoms with Gasteiger partial charge in [-0.1, -0.05) is 12.1 Å². The van der Waals surface area contributed by atoms with E-state index in [-0.39, 0.29) is 29.4 Å². The van der Waals surface area contributed by atoms with Crippen LogP contribution in [0.15, 0.2) is 42.7 Å². The average molecular weight is 477 g/mol. The molecule has 2 heterocycles. The van der Waals surface area contributed by atoms with E-state index in [9.17, 15) is 14.0 Å². The lowest BCUT2D eigenvalue weighted by Gasteiger charge is -2.60. The third-order valence-corrected chi connectivity index (χ3v) is 8.23. The Balaban J connectivity index is 1.25. The van der Waals surface area contributed by atoms with Crippen LogP contribution in [0.2, 0.25) is 0 Å². The normalized spacial score (nSPS) is 26.7. The first-order chi connectivity index (χ1) is 16.9. The van der Waals surface area contributed by atoms with E-state index in [0.717, 1.165) is 24.8 Å². The topological polar surface area (TPSA) is 76.8 Å². The molecule has 0 spiro atoms. The van der Waals surface area contributed by atoms with Gasteiger partial charge in [0.1, 0.15) is 11.4 Å². The minimum Gasteiger partial charge on any atom is -0.452 e. The molecule has 7 nitrogen and oxygen atoms in total. The Morgan fingerprint density at radius 3 is 2.43 bits per heavy atom. The molecule has 0 aliphatic heterocycles. The molecule has 7 rings (SSSR count). The minimum atomic E-state index is -0.600. The first kappa shape index (κ1) is 22.2. The number of benzene rings is 1. The molecule has 4 bridgehead atoms. The van der Waals surface area contributed by atoms with Gasteiger partial charge in [-0.05, 0) is 87.0 Å². The lowest BCUT2D eigenvalue weighted by Crippen LogP contribution is -2.61. The second-order valence-electron chi connectivity index (χ2n) is 10.7. The molecule has 35 heavy (non-hydrogen) atoms. The molecule has 4 aliphatic carbocycles. The Labute approximate surface area is 203 Å². The van der Waals surface area contributed by atoms with Crippen LogP contribution in [0.4, 0.5) is 4.39 Å². The van der Waals surface area contributed by atoms with Crippen LogP contribution in [0, 0.1) is 30.5 Å². The molecular weight excluding hydrogens is 447 g/mol. The third kappa shape index (κ3) is 3.98. The Hall–Kier alpha value is -3.29. The molecule has 0 unspecified atom stereocenters.